The fourth-order valence-electron chi connectivity index (χ4n) is 2.66. The van der Waals surface area contributed by atoms with Crippen molar-refractivity contribution in [3.05, 3.63) is 0 Å². The average molecular weight is 426 g/mol. The van der Waals surface area contributed by atoms with Crippen molar-refractivity contribution in [1.82, 2.24) is 10.2 Å². The molecule has 0 bridgehead atoms. The highest BCUT2D eigenvalue weighted by atomic mass is 127. The molecular weight excluding hydrogens is 391 g/mol. The molecule has 5 nitrogen and oxygen atoms in total. The van der Waals surface area contributed by atoms with Gasteiger partial charge in [0, 0.05) is 26.7 Å². The average Bonchev–Trinajstić information content (AvgIpc) is 2.51. The molecule has 6 heteroatoms. The quantitative estimate of drug-likeness (QED) is 0.244. The van der Waals surface area contributed by atoms with E-state index in [0.29, 0.717) is 11.9 Å². The summed E-state index contributed by atoms with van der Waals surface area (Å²) in [5, 5.41) is 3.22. The van der Waals surface area contributed by atoms with Crippen molar-refractivity contribution in [3.8, 4) is 0 Å². The summed E-state index contributed by atoms with van der Waals surface area (Å²) < 4.78 is 5.12. The lowest BCUT2D eigenvalue weighted by Crippen LogP contribution is -2.37. The van der Waals surface area contributed by atoms with Gasteiger partial charge in [-0.1, -0.05) is 26.2 Å². The summed E-state index contributed by atoms with van der Waals surface area (Å²) in [6.07, 6.45) is 7.47. The summed E-state index contributed by atoms with van der Waals surface area (Å²) in [5.74, 6) is 1.30. The van der Waals surface area contributed by atoms with Crippen LogP contribution in [0.1, 0.15) is 45.4 Å². The minimum Gasteiger partial charge on any atom is -0.383 e. The van der Waals surface area contributed by atoms with Crippen molar-refractivity contribution in [3.63, 3.8) is 0 Å². The number of hydrogen-bond acceptors (Lipinski definition) is 3. The minimum absolute atomic E-state index is 0. The second-order valence-corrected chi connectivity index (χ2v) is 5.99. The Balaban J connectivity index is 0.00000441. The van der Waals surface area contributed by atoms with Gasteiger partial charge in [0.15, 0.2) is 5.96 Å². The van der Waals surface area contributed by atoms with Crippen LogP contribution in [0.4, 0.5) is 0 Å². The molecule has 0 saturated carbocycles. The van der Waals surface area contributed by atoms with Gasteiger partial charge >= 0.3 is 0 Å². The first-order valence-corrected chi connectivity index (χ1v) is 8.51. The molecule has 1 aliphatic heterocycles. The zero-order valence-corrected chi connectivity index (χ0v) is 16.7. The smallest absolute Gasteiger partial charge is 0.188 e. The molecular formula is C16H35IN4O. The van der Waals surface area contributed by atoms with Gasteiger partial charge in [-0.05, 0) is 38.3 Å². The summed E-state index contributed by atoms with van der Waals surface area (Å²) in [6.45, 7) is 8.24. The summed E-state index contributed by atoms with van der Waals surface area (Å²) in [5.41, 5.74) is 5.91. The number of nitrogens with one attached hydrogen (secondary N) is 1. The zero-order chi connectivity index (χ0) is 15.3. The van der Waals surface area contributed by atoms with Crippen molar-refractivity contribution in [2.45, 2.75) is 45.4 Å². The molecule has 0 unspecified atom stereocenters. The van der Waals surface area contributed by atoms with Crippen molar-refractivity contribution < 1.29 is 4.74 Å². The van der Waals surface area contributed by atoms with Crippen molar-refractivity contribution >= 4 is 29.9 Å². The SMILES string of the molecule is CCCCCCNC(N)=NCC1CCN(CCOC)CC1.I. The van der Waals surface area contributed by atoms with Gasteiger partial charge in [0.1, 0.15) is 0 Å². The van der Waals surface area contributed by atoms with Crippen molar-refractivity contribution in [2.24, 2.45) is 16.6 Å². The maximum atomic E-state index is 5.91. The number of halogens is 1. The Morgan fingerprint density at radius 2 is 2.00 bits per heavy atom. The van der Waals surface area contributed by atoms with Gasteiger partial charge in [0.05, 0.1) is 6.61 Å². The van der Waals surface area contributed by atoms with Gasteiger partial charge in [-0.3, -0.25) is 4.99 Å². The van der Waals surface area contributed by atoms with E-state index in [0.717, 1.165) is 39.3 Å². The minimum atomic E-state index is 0. The second kappa shape index (κ2) is 14.5. The monoisotopic (exact) mass is 426 g/mol. The number of hydrogen-bond donors (Lipinski definition) is 2. The predicted octanol–water partition coefficient (Wildman–Crippen LogP) is 2.45. The zero-order valence-electron chi connectivity index (χ0n) is 14.4. The molecule has 132 valence electrons. The highest BCUT2D eigenvalue weighted by molar-refractivity contribution is 14.0. The van der Waals surface area contributed by atoms with Crippen LogP contribution in [0.25, 0.3) is 0 Å². The molecule has 1 saturated heterocycles. The number of nitrogens with zero attached hydrogens (tertiary/aromatic N) is 2. The molecule has 0 amide bonds. The molecule has 0 radical (unpaired) electrons. The second-order valence-electron chi connectivity index (χ2n) is 5.99. The van der Waals surface area contributed by atoms with E-state index >= 15 is 0 Å². The van der Waals surface area contributed by atoms with Crippen LogP contribution in [-0.2, 0) is 4.74 Å². The number of guanidine groups is 1. The third kappa shape index (κ3) is 10.6. The highest BCUT2D eigenvalue weighted by Gasteiger charge is 2.18. The van der Waals surface area contributed by atoms with Crippen LogP contribution in [-0.4, -0.2) is 57.3 Å². The lowest BCUT2D eigenvalue weighted by Gasteiger charge is -2.30. The van der Waals surface area contributed by atoms with E-state index in [9.17, 15) is 0 Å². The number of unbranched alkanes of at least 4 members (excludes halogenated alkanes) is 3. The molecule has 0 atom stereocenters. The summed E-state index contributed by atoms with van der Waals surface area (Å²) in [4.78, 5) is 6.96. The first-order chi connectivity index (χ1) is 10.3. The standard InChI is InChI=1S/C16H34N4O.HI/c1-3-4-5-6-9-18-16(17)19-14-15-7-10-20(11-8-15)12-13-21-2;/h15H,3-14H2,1-2H3,(H3,17,18,19);1H. The fraction of sp³-hybridized carbons (Fsp3) is 0.938. The van der Waals surface area contributed by atoms with Gasteiger partial charge in [0.25, 0.3) is 0 Å². The maximum Gasteiger partial charge on any atom is 0.188 e. The van der Waals surface area contributed by atoms with Crippen LogP contribution in [0.5, 0.6) is 0 Å². The van der Waals surface area contributed by atoms with Gasteiger partial charge in [0.2, 0.25) is 0 Å². The van der Waals surface area contributed by atoms with Crippen LogP contribution < -0.4 is 11.1 Å². The Morgan fingerprint density at radius 3 is 2.64 bits per heavy atom. The van der Waals surface area contributed by atoms with Gasteiger partial charge in [-0.2, -0.15) is 0 Å². The van der Waals surface area contributed by atoms with Gasteiger partial charge < -0.3 is 20.7 Å². The van der Waals surface area contributed by atoms with Crippen LogP contribution >= 0.6 is 24.0 Å². The van der Waals surface area contributed by atoms with Gasteiger partial charge in [-0.15, -0.1) is 24.0 Å². The van der Waals surface area contributed by atoms with E-state index in [1.165, 1.54) is 38.5 Å². The van der Waals surface area contributed by atoms with E-state index in [4.69, 9.17) is 10.5 Å². The Morgan fingerprint density at radius 1 is 1.27 bits per heavy atom. The Hall–Kier alpha value is -0.0800. The first kappa shape index (κ1) is 21.9. The molecule has 1 aliphatic rings. The molecule has 1 heterocycles. The van der Waals surface area contributed by atoms with Crippen LogP contribution in [0, 0.1) is 5.92 Å². The van der Waals surface area contributed by atoms with Crippen LogP contribution in [0.2, 0.25) is 0 Å². The van der Waals surface area contributed by atoms with E-state index in [1.54, 1.807) is 7.11 Å². The number of aliphatic imine (C=N–C) groups is 1. The number of piperidine rings is 1. The van der Waals surface area contributed by atoms with E-state index in [1.807, 2.05) is 0 Å². The van der Waals surface area contributed by atoms with Crippen molar-refractivity contribution in [1.29, 1.82) is 0 Å². The number of methoxy groups -OCH3 is 1. The van der Waals surface area contributed by atoms with Crippen LogP contribution in [0.3, 0.4) is 0 Å². The Labute approximate surface area is 153 Å². The molecule has 0 aromatic carbocycles. The molecule has 22 heavy (non-hydrogen) atoms. The Bertz CT molecular complexity index is 281. The third-order valence-corrected chi connectivity index (χ3v) is 4.18. The normalized spacial score (nSPS) is 17.3. The molecule has 3 N–H and O–H groups in total. The van der Waals surface area contributed by atoms with Gasteiger partial charge in [-0.25, -0.2) is 0 Å². The summed E-state index contributed by atoms with van der Waals surface area (Å²) in [7, 11) is 1.76. The van der Waals surface area contributed by atoms with E-state index in [-0.39, 0.29) is 24.0 Å². The Kier molecular flexibility index (Phi) is 14.5. The topological polar surface area (TPSA) is 62.9 Å². The number of rotatable bonds is 10. The molecule has 1 rings (SSSR count). The molecule has 0 aromatic rings. The number of likely N-dealkylation sites (tertiary alicyclic amines) is 1. The summed E-state index contributed by atoms with van der Waals surface area (Å²) in [6, 6.07) is 0. The van der Waals surface area contributed by atoms with E-state index in [2.05, 4.69) is 22.1 Å². The number of nitrogens with two attached hydrogens (primary N) is 1. The van der Waals surface area contributed by atoms with E-state index < -0.39 is 0 Å². The summed E-state index contributed by atoms with van der Waals surface area (Å²) >= 11 is 0. The molecule has 0 spiro atoms. The lowest BCUT2D eigenvalue weighted by atomic mass is 9.97. The molecule has 1 fully saturated rings. The third-order valence-electron chi connectivity index (χ3n) is 4.18. The largest absolute Gasteiger partial charge is 0.383 e. The highest BCUT2D eigenvalue weighted by Crippen LogP contribution is 2.17. The van der Waals surface area contributed by atoms with Crippen molar-refractivity contribution in [2.75, 3.05) is 46.4 Å². The molecule has 0 aliphatic carbocycles. The predicted molar refractivity (Wildman–Crippen MR) is 105 cm³/mol. The number of ether oxygens (including phenoxy) is 1. The lowest BCUT2D eigenvalue weighted by molar-refractivity contribution is 0.121. The maximum absolute atomic E-state index is 5.91. The molecule has 0 aromatic heterocycles. The van der Waals surface area contributed by atoms with Crippen LogP contribution in [0.15, 0.2) is 4.99 Å². The fourth-order valence-corrected chi connectivity index (χ4v) is 2.66. The first-order valence-electron chi connectivity index (χ1n) is 8.51.